The Balaban J connectivity index is 2.12. The van der Waals surface area contributed by atoms with Gasteiger partial charge in [-0.05, 0) is 20.8 Å². The van der Waals surface area contributed by atoms with Gasteiger partial charge in [-0.2, -0.15) is 0 Å². The summed E-state index contributed by atoms with van der Waals surface area (Å²) in [5, 5.41) is 0. The van der Waals surface area contributed by atoms with Crippen molar-refractivity contribution in [2.24, 2.45) is 0 Å². The van der Waals surface area contributed by atoms with Gasteiger partial charge in [0.05, 0.1) is 18.5 Å². The van der Waals surface area contributed by atoms with Crippen LogP contribution in [0, 0.1) is 20.8 Å². The van der Waals surface area contributed by atoms with Crippen LogP contribution in [-0.2, 0) is 0 Å². The van der Waals surface area contributed by atoms with Crippen LogP contribution < -0.4 is 4.74 Å². The van der Waals surface area contributed by atoms with Gasteiger partial charge in [-0.1, -0.05) is 59.7 Å². The highest BCUT2D eigenvalue weighted by Gasteiger charge is 2.14. The molecule has 0 aliphatic rings. The van der Waals surface area contributed by atoms with Gasteiger partial charge in [-0.3, -0.25) is 0 Å². The van der Waals surface area contributed by atoms with Crippen LogP contribution in [0.15, 0.2) is 48.5 Å². The van der Waals surface area contributed by atoms with Crippen molar-refractivity contribution in [3.05, 3.63) is 65.4 Å². The maximum Gasteiger partial charge on any atom is 0.240 e. The van der Waals surface area contributed by atoms with E-state index in [0.29, 0.717) is 5.88 Å². The van der Waals surface area contributed by atoms with E-state index in [1.807, 2.05) is 19.1 Å². The molecule has 0 aliphatic heterocycles. The number of nitrogens with zero attached hydrogens (tertiary/aromatic N) is 2. The zero-order valence-electron chi connectivity index (χ0n) is 13.9. The standard InChI is InChI=1S/C20H20N2O/c1-13-5-9-16(10-6-13)18-15(3)21-19(20(22-18)23-4)17-11-7-14(2)8-12-17/h5-12H,1-4H3. The van der Waals surface area contributed by atoms with Crippen LogP contribution >= 0.6 is 0 Å². The second-order valence-electron chi connectivity index (χ2n) is 5.75. The van der Waals surface area contributed by atoms with Crippen LogP contribution in [0.1, 0.15) is 16.8 Å². The number of aryl methyl sites for hydroxylation is 3. The first-order valence-electron chi connectivity index (χ1n) is 7.65. The first kappa shape index (κ1) is 15.2. The van der Waals surface area contributed by atoms with Gasteiger partial charge in [0.1, 0.15) is 5.69 Å². The van der Waals surface area contributed by atoms with Gasteiger partial charge in [0.25, 0.3) is 0 Å². The predicted octanol–water partition coefficient (Wildman–Crippen LogP) is 4.74. The lowest BCUT2D eigenvalue weighted by Gasteiger charge is -2.12. The van der Waals surface area contributed by atoms with Crippen molar-refractivity contribution in [3.63, 3.8) is 0 Å². The van der Waals surface area contributed by atoms with Gasteiger partial charge in [-0.25, -0.2) is 9.97 Å². The number of methoxy groups -OCH3 is 1. The third-order valence-electron chi connectivity index (χ3n) is 3.88. The fourth-order valence-corrected chi connectivity index (χ4v) is 2.53. The van der Waals surface area contributed by atoms with Gasteiger partial charge in [0.2, 0.25) is 5.88 Å². The molecule has 0 saturated carbocycles. The largest absolute Gasteiger partial charge is 0.479 e. The summed E-state index contributed by atoms with van der Waals surface area (Å²) in [6.45, 7) is 6.13. The molecule has 0 radical (unpaired) electrons. The molecule has 0 N–H and O–H groups in total. The Morgan fingerprint density at radius 2 is 1.13 bits per heavy atom. The van der Waals surface area contributed by atoms with Gasteiger partial charge in [-0.15, -0.1) is 0 Å². The minimum absolute atomic E-state index is 0.551. The van der Waals surface area contributed by atoms with E-state index < -0.39 is 0 Å². The molecule has 1 aromatic heterocycles. The van der Waals surface area contributed by atoms with Crippen LogP contribution in [-0.4, -0.2) is 17.1 Å². The van der Waals surface area contributed by atoms with Crippen LogP contribution in [0.5, 0.6) is 5.88 Å². The van der Waals surface area contributed by atoms with Crippen molar-refractivity contribution in [2.75, 3.05) is 7.11 Å². The maximum atomic E-state index is 5.50. The Labute approximate surface area is 137 Å². The summed E-state index contributed by atoms with van der Waals surface area (Å²) in [5.74, 6) is 0.551. The molecule has 3 aromatic rings. The molecule has 3 rings (SSSR count). The van der Waals surface area contributed by atoms with E-state index in [1.165, 1.54) is 11.1 Å². The summed E-state index contributed by atoms with van der Waals surface area (Å²) in [7, 11) is 1.63. The molecule has 0 fully saturated rings. The van der Waals surface area contributed by atoms with Crippen molar-refractivity contribution in [3.8, 4) is 28.4 Å². The smallest absolute Gasteiger partial charge is 0.240 e. The number of ether oxygens (including phenoxy) is 1. The molecule has 1 heterocycles. The molecule has 0 spiro atoms. The quantitative estimate of drug-likeness (QED) is 0.700. The number of hydrogen-bond donors (Lipinski definition) is 0. The fourth-order valence-electron chi connectivity index (χ4n) is 2.53. The van der Waals surface area contributed by atoms with Crippen molar-refractivity contribution in [1.82, 2.24) is 9.97 Å². The molecule has 3 nitrogen and oxygen atoms in total. The van der Waals surface area contributed by atoms with Crippen molar-refractivity contribution in [2.45, 2.75) is 20.8 Å². The number of rotatable bonds is 3. The van der Waals surface area contributed by atoms with E-state index in [0.717, 1.165) is 28.2 Å². The lowest BCUT2D eigenvalue weighted by atomic mass is 10.1. The van der Waals surface area contributed by atoms with Gasteiger partial charge in [0, 0.05) is 11.1 Å². The highest BCUT2D eigenvalue weighted by atomic mass is 16.5. The molecule has 23 heavy (non-hydrogen) atoms. The average Bonchev–Trinajstić information content (AvgIpc) is 2.56. The lowest BCUT2D eigenvalue weighted by Crippen LogP contribution is -2.00. The molecule has 3 heteroatoms. The topological polar surface area (TPSA) is 35.0 Å². The molecule has 0 bridgehead atoms. The average molecular weight is 304 g/mol. The van der Waals surface area contributed by atoms with Crippen LogP contribution in [0.4, 0.5) is 0 Å². The zero-order valence-corrected chi connectivity index (χ0v) is 13.9. The van der Waals surface area contributed by atoms with Crippen LogP contribution in [0.3, 0.4) is 0 Å². The molecule has 0 atom stereocenters. The minimum atomic E-state index is 0.551. The number of hydrogen-bond acceptors (Lipinski definition) is 3. The first-order chi connectivity index (χ1) is 11.1. The van der Waals surface area contributed by atoms with Crippen molar-refractivity contribution >= 4 is 0 Å². The minimum Gasteiger partial charge on any atom is -0.479 e. The number of benzene rings is 2. The molecule has 0 unspecified atom stereocenters. The fraction of sp³-hybridized carbons (Fsp3) is 0.200. The second-order valence-corrected chi connectivity index (χ2v) is 5.75. The molecular weight excluding hydrogens is 284 g/mol. The second kappa shape index (κ2) is 6.21. The Morgan fingerprint density at radius 1 is 0.652 bits per heavy atom. The summed E-state index contributed by atoms with van der Waals surface area (Å²) in [6.07, 6.45) is 0. The highest BCUT2D eigenvalue weighted by Crippen LogP contribution is 2.31. The Morgan fingerprint density at radius 3 is 1.61 bits per heavy atom. The SMILES string of the molecule is COc1nc(-c2ccc(C)cc2)c(C)nc1-c1ccc(C)cc1. The molecule has 0 aliphatic carbocycles. The normalized spacial score (nSPS) is 10.6. The summed E-state index contributed by atoms with van der Waals surface area (Å²) in [5.41, 5.74) is 7.04. The summed E-state index contributed by atoms with van der Waals surface area (Å²) < 4.78 is 5.50. The Bertz CT molecular complexity index is 822. The molecule has 116 valence electrons. The van der Waals surface area contributed by atoms with Crippen LogP contribution in [0.2, 0.25) is 0 Å². The lowest BCUT2D eigenvalue weighted by molar-refractivity contribution is 0.398. The highest BCUT2D eigenvalue weighted by molar-refractivity contribution is 5.70. The third kappa shape index (κ3) is 3.09. The van der Waals surface area contributed by atoms with E-state index in [9.17, 15) is 0 Å². The van der Waals surface area contributed by atoms with Crippen molar-refractivity contribution < 1.29 is 4.74 Å². The predicted molar refractivity (Wildman–Crippen MR) is 93.7 cm³/mol. The van der Waals surface area contributed by atoms with Crippen LogP contribution in [0.25, 0.3) is 22.5 Å². The Hall–Kier alpha value is -2.68. The summed E-state index contributed by atoms with van der Waals surface area (Å²) in [4.78, 5) is 9.46. The van der Waals surface area contributed by atoms with Gasteiger partial charge >= 0.3 is 0 Å². The monoisotopic (exact) mass is 304 g/mol. The number of aromatic nitrogens is 2. The Kier molecular flexibility index (Phi) is 4.11. The summed E-state index contributed by atoms with van der Waals surface area (Å²) in [6, 6.07) is 16.5. The molecule has 0 amide bonds. The third-order valence-corrected chi connectivity index (χ3v) is 3.88. The van der Waals surface area contributed by atoms with Gasteiger partial charge < -0.3 is 4.74 Å². The van der Waals surface area contributed by atoms with E-state index in [4.69, 9.17) is 14.7 Å². The first-order valence-corrected chi connectivity index (χ1v) is 7.65. The molecular formula is C20H20N2O. The van der Waals surface area contributed by atoms with E-state index in [1.54, 1.807) is 7.11 Å². The van der Waals surface area contributed by atoms with Gasteiger partial charge in [0.15, 0.2) is 0 Å². The van der Waals surface area contributed by atoms with E-state index in [-0.39, 0.29) is 0 Å². The zero-order chi connectivity index (χ0) is 16.4. The van der Waals surface area contributed by atoms with Crippen molar-refractivity contribution in [1.29, 1.82) is 0 Å². The maximum absolute atomic E-state index is 5.50. The molecule has 0 saturated heterocycles. The molecule has 2 aromatic carbocycles. The van der Waals surface area contributed by atoms with E-state index >= 15 is 0 Å². The van der Waals surface area contributed by atoms with E-state index in [2.05, 4.69) is 50.2 Å². The summed E-state index contributed by atoms with van der Waals surface area (Å²) >= 11 is 0.